The van der Waals surface area contributed by atoms with Crippen molar-refractivity contribution in [1.82, 2.24) is 5.32 Å². The molecule has 9 heteroatoms. The number of fused-ring (bicyclic) bond motifs is 1. The number of ether oxygens (including phenoxy) is 6. The summed E-state index contributed by atoms with van der Waals surface area (Å²) in [5.41, 5.74) is 0.769. The van der Waals surface area contributed by atoms with E-state index in [1.165, 1.54) is 0 Å². The number of benzene rings is 1. The summed E-state index contributed by atoms with van der Waals surface area (Å²) in [7, 11) is 1.62. The molecule has 0 amide bonds. The zero-order valence-corrected chi connectivity index (χ0v) is 18.1. The maximum Gasteiger partial charge on any atom is 0.189 e. The first-order valence-corrected chi connectivity index (χ1v) is 10.1. The molecular weight excluding hydrogens is 396 g/mol. The highest BCUT2D eigenvalue weighted by Gasteiger charge is 2.58. The zero-order valence-electron chi connectivity index (χ0n) is 17.3. The van der Waals surface area contributed by atoms with E-state index in [1.807, 2.05) is 52.0 Å². The second kappa shape index (κ2) is 7.64. The Bertz CT molecular complexity index is 773. The lowest BCUT2D eigenvalue weighted by molar-refractivity contribution is -0.223. The molecule has 0 radical (unpaired) electrons. The van der Waals surface area contributed by atoms with E-state index in [-0.39, 0.29) is 24.4 Å². The van der Waals surface area contributed by atoms with Crippen molar-refractivity contribution in [1.29, 1.82) is 0 Å². The molecule has 2 N–H and O–H groups in total. The first kappa shape index (κ1) is 20.8. The van der Waals surface area contributed by atoms with Crippen LogP contribution in [0.4, 0.5) is 5.69 Å². The Labute approximate surface area is 176 Å². The van der Waals surface area contributed by atoms with Crippen LogP contribution in [-0.4, -0.2) is 61.0 Å². The van der Waals surface area contributed by atoms with E-state index in [0.29, 0.717) is 17.5 Å². The molecule has 3 heterocycles. The van der Waals surface area contributed by atoms with Gasteiger partial charge in [-0.1, -0.05) is 12.1 Å². The molecule has 8 nitrogen and oxygen atoms in total. The molecule has 0 spiro atoms. The fourth-order valence-electron chi connectivity index (χ4n) is 3.95. The van der Waals surface area contributed by atoms with Gasteiger partial charge in [0.1, 0.15) is 24.1 Å². The van der Waals surface area contributed by atoms with Crippen molar-refractivity contribution in [2.45, 2.75) is 69.9 Å². The molecule has 5 atom stereocenters. The van der Waals surface area contributed by atoms with Gasteiger partial charge in [-0.25, -0.2) is 0 Å². The Kier molecular flexibility index (Phi) is 5.47. The van der Waals surface area contributed by atoms with Crippen LogP contribution < -0.4 is 15.4 Å². The van der Waals surface area contributed by atoms with Gasteiger partial charge in [0.05, 0.1) is 25.4 Å². The number of anilines is 1. The largest absolute Gasteiger partial charge is 0.495 e. The fourth-order valence-corrected chi connectivity index (χ4v) is 4.20. The first-order valence-electron chi connectivity index (χ1n) is 9.71. The summed E-state index contributed by atoms with van der Waals surface area (Å²) in [5, 5.41) is 6.96. The minimum Gasteiger partial charge on any atom is -0.495 e. The SMILES string of the molecule is COc1ccccc1NC(=S)N[C@H]1[C@H]2OC(C)(C)O[C@H]2O[C@@H]1C1COC(C)(C)O1. The van der Waals surface area contributed by atoms with E-state index in [9.17, 15) is 0 Å². The van der Waals surface area contributed by atoms with E-state index in [4.69, 9.17) is 40.6 Å². The quantitative estimate of drug-likeness (QED) is 0.708. The molecule has 3 fully saturated rings. The van der Waals surface area contributed by atoms with Crippen molar-refractivity contribution in [2.24, 2.45) is 0 Å². The average Bonchev–Trinajstić information content (AvgIpc) is 3.25. The lowest BCUT2D eigenvalue weighted by Gasteiger charge is -2.30. The maximum absolute atomic E-state index is 6.18. The van der Waals surface area contributed by atoms with E-state index in [1.54, 1.807) is 7.11 Å². The first-order chi connectivity index (χ1) is 13.7. The predicted molar refractivity (Wildman–Crippen MR) is 110 cm³/mol. The van der Waals surface area contributed by atoms with Gasteiger partial charge in [-0.3, -0.25) is 0 Å². The lowest BCUT2D eigenvalue weighted by atomic mass is 10.0. The van der Waals surface area contributed by atoms with Gasteiger partial charge >= 0.3 is 0 Å². The Morgan fingerprint density at radius 1 is 1.07 bits per heavy atom. The zero-order chi connectivity index (χ0) is 20.8. The van der Waals surface area contributed by atoms with Gasteiger partial charge in [0.25, 0.3) is 0 Å². The van der Waals surface area contributed by atoms with Crippen LogP contribution in [-0.2, 0) is 23.7 Å². The minimum absolute atomic E-state index is 0.266. The molecule has 1 unspecified atom stereocenters. The normalized spacial score (nSPS) is 34.6. The number of rotatable bonds is 4. The molecule has 0 bridgehead atoms. The second-order valence-corrected chi connectivity index (χ2v) is 8.67. The van der Waals surface area contributed by atoms with Crippen molar-refractivity contribution in [3.05, 3.63) is 24.3 Å². The Hall–Kier alpha value is -1.49. The van der Waals surface area contributed by atoms with Crippen LogP contribution in [0.1, 0.15) is 27.7 Å². The van der Waals surface area contributed by atoms with E-state index >= 15 is 0 Å². The highest BCUT2D eigenvalue weighted by Crippen LogP contribution is 2.40. The van der Waals surface area contributed by atoms with Gasteiger partial charge in [-0.05, 0) is 52.0 Å². The maximum atomic E-state index is 6.18. The summed E-state index contributed by atoms with van der Waals surface area (Å²) in [6.45, 7) is 7.92. The van der Waals surface area contributed by atoms with Crippen molar-refractivity contribution >= 4 is 23.0 Å². The second-order valence-electron chi connectivity index (χ2n) is 8.26. The van der Waals surface area contributed by atoms with Crippen LogP contribution >= 0.6 is 12.2 Å². The van der Waals surface area contributed by atoms with Gasteiger partial charge in [-0.2, -0.15) is 0 Å². The highest BCUT2D eigenvalue weighted by atomic mass is 32.1. The van der Waals surface area contributed by atoms with Crippen LogP contribution in [0.15, 0.2) is 24.3 Å². The topological polar surface area (TPSA) is 79.4 Å². The van der Waals surface area contributed by atoms with Crippen molar-refractivity contribution in [3.8, 4) is 5.75 Å². The summed E-state index contributed by atoms with van der Waals surface area (Å²) in [4.78, 5) is 0. The number of hydrogen-bond acceptors (Lipinski definition) is 7. The van der Waals surface area contributed by atoms with Crippen LogP contribution in [0.5, 0.6) is 5.75 Å². The minimum atomic E-state index is -0.732. The fraction of sp³-hybridized carbons (Fsp3) is 0.650. The standard InChI is InChI=1S/C20H28N2O6S/c1-19(2)24-10-13(26-19)15-14(16-17(25-15)28-20(3,4)27-16)22-18(29)21-11-8-6-7-9-12(11)23-5/h6-9,13-17H,10H2,1-5H3,(H2,21,22,29)/t13?,14-,15-,16-,17-/m1/s1. The molecule has 4 rings (SSSR count). The summed E-state index contributed by atoms with van der Waals surface area (Å²) in [6.07, 6.45) is -1.45. The number of para-hydroxylation sites is 2. The van der Waals surface area contributed by atoms with E-state index < -0.39 is 17.9 Å². The van der Waals surface area contributed by atoms with Crippen LogP contribution in [0.25, 0.3) is 0 Å². The lowest BCUT2D eigenvalue weighted by Crippen LogP contribution is -2.53. The Morgan fingerprint density at radius 3 is 2.52 bits per heavy atom. The van der Waals surface area contributed by atoms with Crippen molar-refractivity contribution < 1.29 is 28.4 Å². The molecule has 1 aromatic rings. The summed E-state index contributed by atoms with van der Waals surface area (Å²) >= 11 is 5.57. The van der Waals surface area contributed by atoms with Gasteiger partial charge in [-0.15, -0.1) is 0 Å². The van der Waals surface area contributed by atoms with Gasteiger partial charge < -0.3 is 39.1 Å². The summed E-state index contributed by atoms with van der Waals surface area (Å²) in [6, 6.07) is 7.29. The van der Waals surface area contributed by atoms with Crippen LogP contribution in [0, 0.1) is 0 Å². The number of methoxy groups -OCH3 is 1. The third-order valence-corrected chi connectivity index (χ3v) is 5.36. The third kappa shape index (κ3) is 4.35. The average molecular weight is 425 g/mol. The molecule has 1 aromatic carbocycles. The molecule has 3 saturated heterocycles. The molecule has 29 heavy (non-hydrogen) atoms. The number of nitrogens with one attached hydrogen (secondary N) is 2. The van der Waals surface area contributed by atoms with Gasteiger partial charge in [0.2, 0.25) is 0 Å². The molecule has 3 aliphatic heterocycles. The molecule has 3 aliphatic rings. The van der Waals surface area contributed by atoms with Crippen molar-refractivity contribution in [3.63, 3.8) is 0 Å². The monoisotopic (exact) mass is 424 g/mol. The third-order valence-electron chi connectivity index (χ3n) is 5.14. The molecular formula is C20H28N2O6S. The van der Waals surface area contributed by atoms with Gasteiger partial charge in [0, 0.05) is 0 Å². The Morgan fingerprint density at radius 2 is 1.83 bits per heavy atom. The van der Waals surface area contributed by atoms with Gasteiger partial charge in [0.15, 0.2) is 23.0 Å². The Balaban J connectivity index is 1.50. The summed E-state index contributed by atoms with van der Waals surface area (Å²) < 4.78 is 35.3. The predicted octanol–water partition coefficient (Wildman–Crippen LogP) is 2.38. The number of hydrogen-bond donors (Lipinski definition) is 2. The van der Waals surface area contributed by atoms with Crippen LogP contribution in [0.2, 0.25) is 0 Å². The molecule has 160 valence electrons. The van der Waals surface area contributed by atoms with Crippen molar-refractivity contribution in [2.75, 3.05) is 19.0 Å². The van der Waals surface area contributed by atoms with E-state index in [2.05, 4.69) is 10.6 Å². The molecule has 0 aliphatic carbocycles. The number of thiocarbonyl (C=S) groups is 1. The molecule has 0 aromatic heterocycles. The smallest absolute Gasteiger partial charge is 0.189 e. The van der Waals surface area contributed by atoms with Crippen LogP contribution in [0.3, 0.4) is 0 Å². The van der Waals surface area contributed by atoms with E-state index in [0.717, 1.165) is 5.69 Å². The highest BCUT2D eigenvalue weighted by molar-refractivity contribution is 7.80. The molecule has 0 saturated carbocycles. The summed E-state index contributed by atoms with van der Waals surface area (Å²) in [5.74, 6) is -0.692.